The number of carbonyl (C=O) groups excluding carboxylic acids is 1. The fourth-order valence-electron chi connectivity index (χ4n) is 1.67. The molecule has 0 saturated carbocycles. The average Bonchev–Trinajstić information content (AvgIpc) is 3.07. The van der Waals surface area contributed by atoms with Gasteiger partial charge in [0.2, 0.25) is 0 Å². The molecule has 6 nitrogen and oxygen atoms in total. The van der Waals surface area contributed by atoms with E-state index in [1.54, 1.807) is 4.57 Å². The van der Waals surface area contributed by atoms with Crippen LogP contribution in [0.5, 0.6) is 0 Å². The average molecular weight is 293 g/mol. The summed E-state index contributed by atoms with van der Waals surface area (Å²) in [5.74, 6) is -1.16. The predicted octanol–water partition coefficient (Wildman–Crippen LogP) is 1.64. The first kappa shape index (κ1) is 14.3. The minimum absolute atomic E-state index is 0.00201. The van der Waals surface area contributed by atoms with Crippen LogP contribution >= 0.6 is 11.3 Å². The molecule has 2 aromatic heterocycles. The van der Waals surface area contributed by atoms with Crippen molar-refractivity contribution in [2.45, 2.75) is 19.9 Å². The van der Waals surface area contributed by atoms with E-state index in [4.69, 9.17) is 5.11 Å². The van der Waals surface area contributed by atoms with Gasteiger partial charge in [0, 0.05) is 24.2 Å². The fourth-order valence-corrected chi connectivity index (χ4v) is 2.53. The van der Waals surface area contributed by atoms with Crippen LogP contribution in [0.2, 0.25) is 0 Å². The van der Waals surface area contributed by atoms with Crippen LogP contribution in [0.4, 0.5) is 0 Å². The predicted molar refractivity (Wildman–Crippen MR) is 75.2 cm³/mol. The number of hydrogen-bond acceptors (Lipinski definition) is 4. The Balaban J connectivity index is 1.82. The zero-order valence-corrected chi connectivity index (χ0v) is 11.8. The number of aromatic carboxylic acids is 1. The Kier molecular flexibility index (Phi) is 4.52. The normalized spacial score (nSPS) is 10.4. The molecule has 106 valence electrons. The highest BCUT2D eigenvalue weighted by Gasteiger charge is 2.09. The molecule has 0 aromatic carbocycles. The van der Waals surface area contributed by atoms with Crippen LogP contribution in [-0.4, -0.2) is 33.1 Å². The van der Waals surface area contributed by atoms with Gasteiger partial charge in [0.05, 0.1) is 11.2 Å². The molecule has 0 bridgehead atoms. The third kappa shape index (κ3) is 3.45. The van der Waals surface area contributed by atoms with Crippen molar-refractivity contribution < 1.29 is 14.7 Å². The Hall–Kier alpha value is -2.15. The van der Waals surface area contributed by atoms with Crippen molar-refractivity contribution in [3.05, 3.63) is 40.1 Å². The molecule has 7 heteroatoms. The molecule has 0 spiro atoms. The minimum Gasteiger partial charge on any atom is -0.476 e. The van der Waals surface area contributed by atoms with E-state index in [0.29, 0.717) is 18.0 Å². The number of nitrogens with one attached hydrogen (secondary N) is 1. The number of carboxylic acids is 1. The van der Waals surface area contributed by atoms with Crippen LogP contribution in [0.25, 0.3) is 0 Å². The summed E-state index contributed by atoms with van der Waals surface area (Å²) in [5.41, 5.74) is 0.00201. The summed E-state index contributed by atoms with van der Waals surface area (Å²) in [6, 6.07) is 3.77. The van der Waals surface area contributed by atoms with Crippen LogP contribution in [-0.2, 0) is 13.0 Å². The number of hydrogen-bond donors (Lipinski definition) is 2. The van der Waals surface area contributed by atoms with Gasteiger partial charge in [-0.25, -0.2) is 9.78 Å². The molecule has 0 unspecified atom stereocenters. The lowest BCUT2D eigenvalue weighted by Crippen LogP contribution is -2.26. The number of imidazole rings is 1. The van der Waals surface area contributed by atoms with Gasteiger partial charge in [-0.05, 0) is 18.6 Å². The highest BCUT2D eigenvalue weighted by molar-refractivity contribution is 7.14. The summed E-state index contributed by atoms with van der Waals surface area (Å²) in [6.07, 6.45) is 3.80. The van der Waals surface area contributed by atoms with E-state index in [-0.39, 0.29) is 11.6 Å². The molecule has 0 saturated heterocycles. The van der Waals surface area contributed by atoms with E-state index in [0.717, 1.165) is 6.42 Å². The Bertz CT molecular complexity index is 618. The maximum Gasteiger partial charge on any atom is 0.356 e. The molecule has 0 fully saturated rings. The standard InChI is InChI=1S/C13H15N3O3S/c1-2-9-3-4-11(20-9)12(17)14-5-6-16-7-10(13(18)19)15-8-16/h3-4,7-8H,2,5-6H2,1H3,(H,14,17)(H,18,19). The summed E-state index contributed by atoms with van der Waals surface area (Å²) >= 11 is 1.49. The maximum absolute atomic E-state index is 11.9. The van der Waals surface area contributed by atoms with Crippen LogP contribution in [0.15, 0.2) is 24.7 Å². The van der Waals surface area contributed by atoms with Crippen molar-refractivity contribution in [1.82, 2.24) is 14.9 Å². The second kappa shape index (κ2) is 6.33. The quantitative estimate of drug-likeness (QED) is 0.848. The van der Waals surface area contributed by atoms with Gasteiger partial charge in [0.15, 0.2) is 5.69 Å². The first-order chi connectivity index (χ1) is 9.60. The van der Waals surface area contributed by atoms with Crippen molar-refractivity contribution in [3.63, 3.8) is 0 Å². The van der Waals surface area contributed by atoms with E-state index in [1.165, 1.54) is 28.7 Å². The molecule has 0 aliphatic rings. The molecule has 0 aliphatic heterocycles. The van der Waals surface area contributed by atoms with Gasteiger partial charge in [-0.3, -0.25) is 4.79 Å². The molecular formula is C13H15N3O3S. The van der Waals surface area contributed by atoms with Crippen LogP contribution in [0.3, 0.4) is 0 Å². The number of thiophene rings is 1. The molecule has 2 N–H and O–H groups in total. The molecule has 0 atom stereocenters. The second-order valence-corrected chi connectivity index (χ2v) is 5.35. The Morgan fingerprint density at radius 3 is 2.85 bits per heavy atom. The number of aromatic nitrogens is 2. The topological polar surface area (TPSA) is 84.2 Å². The zero-order valence-electron chi connectivity index (χ0n) is 11.0. The lowest BCUT2D eigenvalue weighted by atomic mass is 10.3. The van der Waals surface area contributed by atoms with E-state index < -0.39 is 5.97 Å². The van der Waals surface area contributed by atoms with Crippen molar-refractivity contribution in [1.29, 1.82) is 0 Å². The third-order valence-corrected chi connectivity index (χ3v) is 3.97. The van der Waals surface area contributed by atoms with E-state index in [9.17, 15) is 9.59 Å². The summed E-state index contributed by atoms with van der Waals surface area (Å²) in [7, 11) is 0. The SMILES string of the molecule is CCc1ccc(C(=O)NCCn2cnc(C(=O)O)c2)s1. The molecular weight excluding hydrogens is 278 g/mol. The number of carboxylic acid groups (broad SMARTS) is 1. The van der Waals surface area contributed by atoms with E-state index in [2.05, 4.69) is 10.3 Å². The van der Waals surface area contributed by atoms with Gasteiger partial charge in [-0.15, -0.1) is 11.3 Å². The van der Waals surface area contributed by atoms with Gasteiger partial charge in [-0.2, -0.15) is 0 Å². The lowest BCUT2D eigenvalue weighted by molar-refractivity contribution is 0.0690. The van der Waals surface area contributed by atoms with Crippen molar-refractivity contribution in [2.24, 2.45) is 0 Å². The highest BCUT2D eigenvalue weighted by atomic mass is 32.1. The van der Waals surface area contributed by atoms with Gasteiger partial charge >= 0.3 is 5.97 Å². The Morgan fingerprint density at radius 1 is 1.45 bits per heavy atom. The second-order valence-electron chi connectivity index (χ2n) is 4.18. The molecule has 20 heavy (non-hydrogen) atoms. The van der Waals surface area contributed by atoms with Gasteiger partial charge in [0.1, 0.15) is 0 Å². The van der Waals surface area contributed by atoms with Crippen molar-refractivity contribution >= 4 is 23.2 Å². The largest absolute Gasteiger partial charge is 0.476 e. The molecule has 0 radical (unpaired) electrons. The number of rotatable bonds is 6. The van der Waals surface area contributed by atoms with Crippen LogP contribution < -0.4 is 5.32 Å². The molecule has 2 aromatic rings. The van der Waals surface area contributed by atoms with Gasteiger partial charge in [0.25, 0.3) is 5.91 Å². The number of aryl methyl sites for hydroxylation is 1. The lowest BCUT2D eigenvalue weighted by Gasteiger charge is -2.04. The number of amides is 1. The van der Waals surface area contributed by atoms with E-state index >= 15 is 0 Å². The number of carbonyl (C=O) groups is 2. The molecule has 2 heterocycles. The van der Waals surface area contributed by atoms with Crippen molar-refractivity contribution in [3.8, 4) is 0 Å². The monoisotopic (exact) mass is 293 g/mol. The first-order valence-corrected chi connectivity index (χ1v) is 7.03. The summed E-state index contributed by atoms with van der Waals surface area (Å²) in [4.78, 5) is 28.1. The number of nitrogens with zero attached hydrogens (tertiary/aromatic N) is 2. The molecule has 0 aliphatic carbocycles. The maximum atomic E-state index is 11.9. The smallest absolute Gasteiger partial charge is 0.356 e. The molecule has 2 rings (SSSR count). The van der Waals surface area contributed by atoms with Crippen LogP contribution in [0.1, 0.15) is 32.0 Å². The Labute approximate surface area is 120 Å². The highest BCUT2D eigenvalue weighted by Crippen LogP contribution is 2.16. The van der Waals surface area contributed by atoms with Crippen molar-refractivity contribution in [2.75, 3.05) is 6.54 Å². The fraction of sp³-hybridized carbons (Fsp3) is 0.308. The summed E-state index contributed by atoms with van der Waals surface area (Å²) < 4.78 is 1.63. The zero-order chi connectivity index (χ0) is 14.5. The summed E-state index contributed by atoms with van der Waals surface area (Å²) in [5, 5.41) is 11.5. The van der Waals surface area contributed by atoms with Gasteiger partial charge in [-0.1, -0.05) is 6.92 Å². The Morgan fingerprint density at radius 2 is 2.25 bits per heavy atom. The third-order valence-electron chi connectivity index (χ3n) is 2.74. The minimum atomic E-state index is -1.06. The molecule has 1 amide bonds. The summed E-state index contributed by atoms with van der Waals surface area (Å²) in [6.45, 7) is 2.96. The van der Waals surface area contributed by atoms with Gasteiger partial charge < -0.3 is 15.0 Å². The van der Waals surface area contributed by atoms with E-state index in [1.807, 2.05) is 19.1 Å². The van der Waals surface area contributed by atoms with Crippen LogP contribution in [0, 0.1) is 0 Å². The first-order valence-electron chi connectivity index (χ1n) is 6.22.